The summed E-state index contributed by atoms with van der Waals surface area (Å²) in [4.78, 5) is 36.6. The van der Waals surface area contributed by atoms with Crippen LogP contribution in [-0.2, 0) is 4.74 Å². The number of hydrogen-bond acceptors (Lipinski definition) is 6. The van der Waals surface area contributed by atoms with Crippen molar-refractivity contribution < 1.29 is 19.1 Å². The summed E-state index contributed by atoms with van der Waals surface area (Å²) in [6.07, 6.45) is 4.11. The van der Waals surface area contributed by atoms with Crippen LogP contribution in [0.25, 0.3) is 0 Å². The van der Waals surface area contributed by atoms with E-state index in [-0.39, 0.29) is 23.6 Å². The van der Waals surface area contributed by atoms with E-state index in [9.17, 15) is 9.59 Å². The maximum atomic E-state index is 13.7. The highest BCUT2D eigenvalue weighted by Gasteiger charge is 2.53. The Labute approximate surface area is 187 Å². The molecule has 31 heavy (non-hydrogen) atoms. The number of aromatic nitrogens is 1. The molecule has 2 saturated heterocycles. The van der Waals surface area contributed by atoms with Gasteiger partial charge in [0.2, 0.25) is 0 Å². The molecule has 1 atom stereocenters. The molecule has 1 aromatic rings. The number of ether oxygens (including phenoxy) is 2. The molecule has 1 aromatic heterocycles. The molecule has 0 aromatic carbocycles. The number of pyridine rings is 1. The number of amides is 2. The summed E-state index contributed by atoms with van der Waals surface area (Å²) in [5.74, 6) is 1.04. The lowest BCUT2D eigenvalue weighted by Crippen LogP contribution is -2.58. The first-order valence-corrected chi connectivity index (χ1v) is 11.4. The number of piperazine rings is 1. The molecular formula is C22H29ClN4O4. The van der Waals surface area contributed by atoms with Crippen molar-refractivity contribution in [3.63, 3.8) is 0 Å². The second-order valence-corrected chi connectivity index (χ2v) is 10.4. The van der Waals surface area contributed by atoms with Crippen LogP contribution in [0.15, 0.2) is 6.07 Å². The molecule has 1 spiro atoms. The van der Waals surface area contributed by atoms with Crippen LogP contribution in [0, 0.1) is 0 Å². The summed E-state index contributed by atoms with van der Waals surface area (Å²) in [6, 6.07) is 1.39. The molecule has 0 unspecified atom stereocenters. The third kappa shape index (κ3) is 3.69. The van der Waals surface area contributed by atoms with E-state index in [0.717, 1.165) is 32.2 Å². The monoisotopic (exact) mass is 448 g/mol. The summed E-state index contributed by atoms with van der Waals surface area (Å²) in [7, 11) is 0. The van der Waals surface area contributed by atoms with Gasteiger partial charge in [-0.3, -0.25) is 4.79 Å². The average Bonchev–Trinajstić information content (AvgIpc) is 3.37. The van der Waals surface area contributed by atoms with Gasteiger partial charge in [-0.2, -0.15) is 0 Å². The van der Waals surface area contributed by atoms with Gasteiger partial charge in [-0.1, -0.05) is 11.6 Å². The molecule has 0 radical (unpaired) electrons. The Morgan fingerprint density at radius 2 is 2.03 bits per heavy atom. The van der Waals surface area contributed by atoms with E-state index in [0.29, 0.717) is 48.5 Å². The normalized spacial score (nSPS) is 24.5. The molecule has 0 bridgehead atoms. The van der Waals surface area contributed by atoms with Crippen molar-refractivity contribution in [2.24, 2.45) is 0 Å². The Hall–Kier alpha value is -2.22. The molecule has 168 valence electrons. The third-order valence-corrected chi connectivity index (χ3v) is 6.85. The van der Waals surface area contributed by atoms with Crippen LogP contribution in [0.1, 0.15) is 56.8 Å². The first kappa shape index (κ1) is 20.7. The van der Waals surface area contributed by atoms with Gasteiger partial charge in [-0.05, 0) is 46.5 Å². The van der Waals surface area contributed by atoms with Gasteiger partial charge in [0.1, 0.15) is 34.5 Å². The minimum Gasteiger partial charge on any atom is -0.490 e. The Kier molecular flexibility index (Phi) is 4.77. The molecule has 3 aliphatic heterocycles. The number of carbonyl (C=O) groups is 2. The van der Waals surface area contributed by atoms with E-state index >= 15 is 0 Å². The van der Waals surface area contributed by atoms with Crippen molar-refractivity contribution in [2.75, 3.05) is 37.7 Å². The zero-order valence-electron chi connectivity index (χ0n) is 18.3. The van der Waals surface area contributed by atoms with Gasteiger partial charge in [-0.25, -0.2) is 9.78 Å². The molecule has 3 fully saturated rings. The maximum Gasteiger partial charge on any atom is 0.410 e. The highest BCUT2D eigenvalue weighted by molar-refractivity contribution is 6.30. The van der Waals surface area contributed by atoms with Crippen molar-refractivity contribution in [2.45, 2.75) is 63.6 Å². The molecule has 0 N–H and O–H groups in total. The van der Waals surface area contributed by atoms with Crippen LogP contribution in [0.5, 0.6) is 5.75 Å². The number of nitrogens with zero attached hydrogens (tertiary/aromatic N) is 4. The fraction of sp³-hybridized carbons (Fsp3) is 0.682. The van der Waals surface area contributed by atoms with Crippen LogP contribution in [-0.4, -0.2) is 76.8 Å². The molecule has 4 heterocycles. The summed E-state index contributed by atoms with van der Waals surface area (Å²) in [6.45, 7) is 7.94. The number of fused-ring (bicyclic) bond motifs is 2. The first-order valence-electron chi connectivity index (χ1n) is 11.1. The van der Waals surface area contributed by atoms with E-state index < -0.39 is 5.60 Å². The van der Waals surface area contributed by atoms with Crippen molar-refractivity contribution >= 4 is 29.4 Å². The predicted octanol–water partition coefficient (Wildman–Crippen LogP) is 3.32. The van der Waals surface area contributed by atoms with E-state index in [1.165, 1.54) is 0 Å². The smallest absolute Gasteiger partial charge is 0.410 e. The quantitative estimate of drug-likeness (QED) is 0.613. The van der Waals surface area contributed by atoms with Crippen molar-refractivity contribution in [3.8, 4) is 5.75 Å². The summed E-state index contributed by atoms with van der Waals surface area (Å²) in [5.41, 5.74) is 0.0737. The van der Waals surface area contributed by atoms with Gasteiger partial charge >= 0.3 is 6.09 Å². The number of halogens is 1. The Balaban J connectivity index is 1.43. The molecular weight excluding hydrogens is 420 g/mol. The maximum absolute atomic E-state index is 13.7. The SMILES string of the molecule is CC(C)(C)OC(=O)N1CCN2C(=O)c3c(cc(Cl)nc3N3CCCC34CC4)OC[C@H]2C1. The number of anilines is 1. The first-order chi connectivity index (χ1) is 14.7. The molecule has 1 saturated carbocycles. The largest absolute Gasteiger partial charge is 0.490 e. The van der Waals surface area contributed by atoms with E-state index in [1.807, 2.05) is 25.7 Å². The van der Waals surface area contributed by atoms with E-state index in [2.05, 4.69) is 9.88 Å². The lowest BCUT2D eigenvalue weighted by Gasteiger charge is -2.40. The standard InChI is InChI=1S/C22H29ClN4O4/c1-21(2,3)31-20(29)25-9-10-26-14(12-25)13-30-15-11-16(23)24-18(17(15)19(26)28)27-8-4-5-22(27)6-7-22/h11,14H,4-10,12-13H2,1-3H3/t14-/m1/s1. The highest BCUT2D eigenvalue weighted by atomic mass is 35.5. The second-order valence-electron chi connectivity index (χ2n) is 10.0. The topological polar surface area (TPSA) is 75.2 Å². The molecule has 8 nitrogen and oxygen atoms in total. The molecule has 4 aliphatic rings. The summed E-state index contributed by atoms with van der Waals surface area (Å²) >= 11 is 6.34. The molecule has 1 aliphatic carbocycles. The predicted molar refractivity (Wildman–Crippen MR) is 116 cm³/mol. The Morgan fingerprint density at radius 3 is 2.74 bits per heavy atom. The van der Waals surface area contributed by atoms with Crippen molar-refractivity contribution in [3.05, 3.63) is 16.8 Å². The van der Waals surface area contributed by atoms with Crippen molar-refractivity contribution in [1.29, 1.82) is 0 Å². The summed E-state index contributed by atoms with van der Waals surface area (Å²) < 4.78 is 11.6. The number of rotatable bonds is 1. The van der Waals surface area contributed by atoms with Crippen LogP contribution >= 0.6 is 11.6 Å². The van der Waals surface area contributed by atoms with Crippen LogP contribution in [0.4, 0.5) is 10.6 Å². The lowest BCUT2D eigenvalue weighted by molar-refractivity contribution is 0.000953. The average molecular weight is 449 g/mol. The van der Waals surface area contributed by atoms with Gasteiger partial charge in [0.15, 0.2) is 0 Å². The highest BCUT2D eigenvalue weighted by Crippen LogP contribution is 2.52. The van der Waals surface area contributed by atoms with E-state index in [4.69, 9.17) is 21.1 Å². The minimum absolute atomic E-state index is 0.0943. The fourth-order valence-corrected chi connectivity index (χ4v) is 5.19. The van der Waals surface area contributed by atoms with Gasteiger partial charge in [0, 0.05) is 37.8 Å². The van der Waals surface area contributed by atoms with E-state index in [1.54, 1.807) is 11.0 Å². The Morgan fingerprint density at radius 1 is 1.26 bits per heavy atom. The molecule has 2 amide bonds. The number of hydrogen-bond donors (Lipinski definition) is 0. The molecule has 9 heteroatoms. The zero-order valence-corrected chi connectivity index (χ0v) is 19.1. The van der Waals surface area contributed by atoms with Gasteiger partial charge in [0.05, 0.1) is 6.04 Å². The van der Waals surface area contributed by atoms with Crippen molar-refractivity contribution in [1.82, 2.24) is 14.8 Å². The number of carbonyl (C=O) groups excluding carboxylic acids is 2. The zero-order chi connectivity index (χ0) is 22.0. The van der Waals surface area contributed by atoms with Crippen LogP contribution < -0.4 is 9.64 Å². The lowest BCUT2D eigenvalue weighted by atomic mass is 10.1. The summed E-state index contributed by atoms with van der Waals surface area (Å²) in [5, 5.41) is 0.333. The van der Waals surface area contributed by atoms with Gasteiger partial charge < -0.3 is 24.2 Å². The third-order valence-electron chi connectivity index (χ3n) is 6.65. The van der Waals surface area contributed by atoms with Gasteiger partial charge in [-0.15, -0.1) is 0 Å². The Bertz CT molecular complexity index is 927. The van der Waals surface area contributed by atoms with Crippen LogP contribution in [0.2, 0.25) is 5.15 Å². The van der Waals surface area contributed by atoms with Gasteiger partial charge in [0.25, 0.3) is 5.91 Å². The molecule has 5 rings (SSSR count). The van der Waals surface area contributed by atoms with Crippen LogP contribution in [0.3, 0.4) is 0 Å². The second kappa shape index (κ2) is 7.15. The fourth-order valence-electron chi connectivity index (χ4n) is 5.01. The minimum atomic E-state index is -0.563.